The Bertz CT molecular complexity index is 2260. The number of aromatic nitrogens is 1. The summed E-state index contributed by atoms with van der Waals surface area (Å²) >= 11 is 1.22. The van der Waals surface area contributed by atoms with Crippen LogP contribution in [0.5, 0.6) is 17.2 Å². The van der Waals surface area contributed by atoms with Gasteiger partial charge < -0.3 is 18.9 Å². The van der Waals surface area contributed by atoms with Crippen molar-refractivity contribution in [3.8, 4) is 17.2 Å². The number of nitro groups is 1. The van der Waals surface area contributed by atoms with E-state index < -0.39 is 16.9 Å². The summed E-state index contributed by atoms with van der Waals surface area (Å²) in [6.07, 6.45) is 1.76. The number of nitrogens with zero attached hydrogens (tertiary/aromatic N) is 3. The Balaban J connectivity index is 1.45. The summed E-state index contributed by atoms with van der Waals surface area (Å²) in [5.74, 6) is 0.961. The van der Waals surface area contributed by atoms with E-state index >= 15 is 0 Å². The number of carbonyl (C=O) groups is 1. The molecule has 0 saturated heterocycles. The lowest BCUT2D eigenvalue weighted by atomic mass is 9.93. The first kappa shape index (κ1) is 33.9. The second kappa shape index (κ2) is 15.0. The van der Waals surface area contributed by atoms with E-state index in [4.69, 9.17) is 23.9 Å². The number of ether oxygens (including phenoxy) is 4. The number of fused-ring (bicyclic) bond motifs is 1. The van der Waals surface area contributed by atoms with Gasteiger partial charge in [0.1, 0.15) is 12.4 Å². The van der Waals surface area contributed by atoms with Gasteiger partial charge in [-0.15, -0.1) is 0 Å². The van der Waals surface area contributed by atoms with Gasteiger partial charge in [-0.05, 0) is 73.0 Å². The lowest BCUT2D eigenvalue weighted by molar-refractivity contribution is -0.384. The quantitative estimate of drug-likeness (QED) is 0.0908. The molecule has 1 atom stereocenters. The summed E-state index contributed by atoms with van der Waals surface area (Å²) < 4.78 is 24.9. The summed E-state index contributed by atoms with van der Waals surface area (Å²) in [6.45, 7) is 4.29. The first-order chi connectivity index (χ1) is 24.3. The predicted molar refractivity (Wildman–Crippen MR) is 189 cm³/mol. The van der Waals surface area contributed by atoms with Crippen molar-refractivity contribution < 1.29 is 28.7 Å². The van der Waals surface area contributed by atoms with Gasteiger partial charge in [-0.1, -0.05) is 59.9 Å². The summed E-state index contributed by atoms with van der Waals surface area (Å²) in [5.41, 5.74) is 3.17. The molecule has 254 valence electrons. The average molecular weight is 692 g/mol. The van der Waals surface area contributed by atoms with Gasteiger partial charge in [0.15, 0.2) is 16.3 Å². The zero-order valence-electron chi connectivity index (χ0n) is 27.5. The van der Waals surface area contributed by atoms with Crippen LogP contribution in [0.4, 0.5) is 5.69 Å². The predicted octanol–water partition coefficient (Wildman–Crippen LogP) is 5.83. The van der Waals surface area contributed by atoms with Crippen LogP contribution in [-0.2, 0) is 16.1 Å². The molecule has 5 aromatic rings. The van der Waals surface area contributed by atoms with E-state index in [0.717, 1.165) is 5.56 Å². The number of rotatable bonds is 12. The molecule has 6 rings (SSSR count). The maximum atomic E-state index is 14.3. The number of benzene rings is 4. The van der Waals surface area contributed by atoms with E-state index in [1.165, 1.54) is 28.0 Å². The number of carbonyl (C=O) groups excluding carboxylic acids is 1. The third-order valence-corrected chi connectivity index (χ3v) is 8.87. The Morgan fingerprint density at radius 1 is 0.940 bits per heavy atom. The summed E-state index contributed by atoms with van der Waals surface area (Å²) in [4.78, 5) is 43.9. The Kier molecular flexibility index (Phi) is 10.2. The van der Waals surface area contributed by atoms with Gasteiger partial charge in [-0.25, -0.2) is 9.79 Å². The van der Waals surface area contributed by atoms with Crippen molar-refractivity contribution in [1.29, 1.82) is 0 Å². The molecule has 1 aliphatic heterocycles. The standard InChI is InChI=1S/C38H33N3O8S/c1-4-47-31-20-25(16-19-30(31)49-23-24-14-17-28(18-15-24)41(44)45)21-32-36(42)40-35(27-12-9-13-29(22-27)46-3)33(37(43)48-5-2)34(39-38(40)50-32)26-10-7-6-8-11-26/h6-22,35H,4-5,23H2,1-3H3/b32-21-/t35-/m1/s1. The molecule has 0 spiro atoms. The van der Waals surface area contributed by atoms with Gasteiger partial charge >= 0.3 is 5.97 Å². The van der Waals surface area contributed by atoms with Crippen molar-refractivity contribution >= 4 is 34.8 Å². The fourth-order valence-electron chi connectivity index (χ4n) is 5.60. The van der Waals surface area contributed by atoms with Gasteiger partial charge in [0.05, 0.1) is 47.1 Å². The number of thiazole rings is 1. The normalized spacial score (nSPS) is 14.1. The van der Waals surface area contributed by atoms with Crippen molar-refractivity contribution in [1.82, 2.24) is 4.57 Å². The number of hydrogen-bond acceptors (Lipinski definition) is 10. The SMILES string of the molecule is CCOC(=O)C1=C(c2ccccc2)N=c2s/c(=C\c3ccc(OCc4ccc([N+](=O)[O-])cc4)c(OCC)c3)c(=O)n2[C@@H]1c1cccc(OC)c1. The third kappa shape index (κ3) is 7.06. The number of methoxy groups -OCH3 is 1. The zero-order chi connectivity index (χ0) is 35.2. The minimum absolute atomic E-state index is 0.00149. The summed E-state index contributed by atoms with van der Waals surface area (Å²) in [7, 11) is 1.56. The average Bonchev–Trinajstić information content (AvgIpc) is 3.45. The van der Waals surface area contributed by atoms with E-state index in [9.17, 15) is 19.7 Å². The van der Waals surface area contributed by atoms with E-state index in [0.29, 0.717) is 55.6 Å². The molecule has 0 N–H and O–H groups in total. The largest absolute Gasteiger partial charge is 0.497 e. The maximum absolute atomic E-state index is 14.3. The van der Waals surface area contributed by atoms with Crippen LogP contribution in [0.3, 0.4) is 0 Å². The lowest BCUT2D eigenvalue weighted by Gasteiger charge is -2.26. The van der Waals surface area contributed by atoms with Gasteiger partial charge in [0.25, 0.3) is 11.2 Å². The topological polar surface area (TPSA) is 131 Å². The van der Waals surface area contributed by atoms with E-state index in [1.807, 2.05) is 55.5 Å². The maximum Gasteiger partial charge on any atom is 0.338 e. The molecule has 1 aliphatic rings. The van der Waals surface area contributed by atoms with Crippen molar-refractivity contribution in [3.05, 3.63) is 155 Å². The van der Waals surface area contributed by atoms with Crippen molar-refractivity contribution in [3.63, 3.8) is 0 Å². The summed E-state index contributed by atoms with van der Waals surface area (Å²) in [5, 5.41) is 11.0. The van der Waals surface area contributed by atoms with Crippen molar-refractivity contribution in [2.45, 2.75) is 26.5 Å². The molecule has 0 amide bonds. The van der Waals surface area contributed by atoms with E-state index in [1.54, 1.807) is 56.5 Å². The molecule has 0 saturated carbocycles. The molecule has 0 aliphatic carbocycles. The number of hydrogen-bond donors (Lipinski definition) is 0. The van der Waals surface area contributed by atoms with Crippen LogP contribution in [0.2, 0.25) is 0 Å². The van der Waals surface area contributed by atoms with Crippen LogP contribution in [0.15, 0.2) is 112 Å². The Hall–Kier alpha value is -6.01. The highest BCUT2D eigenvalue weighted by atomic mass is 32.1. The number of non-ortho nitro benzene ring substituents is 1. The van der Waals surface area contributed by atoms with Crippen LogP contribution in [-0.4, -0.2) is 35.8 Å². The molecule has 4 aromatic carbocycles. The van der Waals surface area contributed by atoms with Crippen molar-refractivity contribution in [2.75, 3.05) is 20.3 Å². The molecule has 0 fully saturated rings. The van der Waals surface area contributed by atoms with Crippen LogP contribution >= 0.6 is 11.3 Å². The van der Waals surface area contributed by atoms with Gasteiger partial charge in [-0.3, -0.25) is 19.5 Å². The summed E-state index contributed by atoms with van der Waals surface area (Å²) in [6, 6.07) is 27.3. The third-order valence-electron chi connectivity index (χ3n) is 7.89. The molecule has 0 unspecified atom stereocenters. The molecule has 11 nitrogen and oxygen atoms in total. The molecule has 0 bridgehead atoms. The van der Waals surface area contributed by atoms with Gasteiger partial charge in [0.2, 0.25) is 0 Å². The number of nitro benzene ring substituents is 1. The van der Waals surface area contributed by atoms with Crippen LogP contribution in [0, 0.1) is 10.1 Å². The Morgan fingerprint density at radius 3 is 2.42 bits per heavy atom. The molecule has 2 heterocycles. The smallest absolute Gasteiger partial charge is 0.338 e. The first-order valence-electron chi connectivity index (χ1n) is 15.9. The minimum Gasteiger partial charge on any atom is -0.497 e. The van der Waals surface area contributed by atoms with Crippen LogP contribution < -0.4 is 29.1 Å². The van der Waals surface area contributed by atoms with Gasteiger partial charge in [-0.2, -0.15) is 0 Å². The molecule has 0 radical (unpaired) electrons. The molecule has 1 aromatic heterocycles. The Morgan fingerprint density at radius 2 is 1.72 bits per heavy atom. The number of esters is 1. The zero-order valence-corrected chi connectivity index (χ0v) is 28.3. The van der Waals surface area contributed by atoms with E-state index in [-0.39, 0.29) is 30.0 Å². The minimum atomic E-state index is -0.841. The lowest BCUT2D eigenvalue weighted by Crippen LogP contribution is -2.40. The fourth-order valence-corrected chi connectivity index (χ4v) is 6.60. The highest BCUT2D eigenvalue weighted by Gasteiger charge is 2.35. The first-order valence-corrected chi connectivity index (χ1v) is 16.7. The second-order valence-electron chi connectivity index (χ2n) is 11.1. The fraction of sp³-hybridized carbons (Fsp3) is 0.184. The highest BCUT2D eigenvalue weighted by molar-refractivity contribution is 7.07. The second-order valence-corrected chi connectivity index (χ2v) is 12.1. The van der Waals surface area contributed by atoms with Crippen molar-refractivity contribution in [2.24, 2.45) is 4.99 Å². The molecule has 12 heteroatoms. The van der Waals surface area contributed by atoms with Crippen LogP contribution in [0.1, 0.15) is 42.1 Å². The monoisotopic (exact) mass is 691 g/mol. The van der Waals surface area contributed by atoms with E-state index in [2.05, 4.69) is 0 Å². The Labute approximate surface area is 291 Å². The molecular formula is C38H33N3O8S. The highest BCUT2D eigenvalue weighted by Crippen LogP contribution is 2.36. The molecule has 50 heavy (non-hydrogen) atoms. The molecular weight excluding hydrogens is 658 g/mol. The van der Waals surface area contributed by atoms with Gasteiger partial charge in [0, 0.05) is 17.7 Å². The van der Waals surface area contributed by atoms with Crippen LogP contribution in [0.25, 0.3) is 11.8 Å².